The minimum atomic E-state index is -0.532. The van der Waals surface area contributed by atoms with Gasteiger partial charge in [0, 0.05) is 12.8 Å². The molecular weight excluding hydrogens is 246 g/mol. The summed E-state index contributed by atoms with van der Waals surface area (Å²) in [7, 11) is 2.12. The first kappa shape index (κ1) is 12.8. The molecule has 18 heavy (non-hydrogen) atoms. The Bertz CT molecular complexity index is 474. The molecule has 0 amide bonds. The molecule has 0 saturated carbocycles. The maximum Gasteiger partial charge on any atom is 0.116 e. The van der Waals surface area contributed by atoms with Crippen LogP contribution in [0.25, 0.3) is 0 Å². The summed E-state index contributed by atoms with van der Waals surface area (Å²) in [5.41, 5.74) is 6.39. The van der Waals surface area contributed by atoms with E-state index in [1.807, 2.05) is 0 Å². The molecular formula is C12H16N5S+. The quantitative estimate of drug-likeness (QED) is 0.432. The van der Waals surface area contributed by atoms with Crippen molar-refractivity contribution >= 4 is 12.6 Å². The molecule has 0 radical (unpaired) electrons. The number of nitriles is 2. The molecule has 2 heterocycles. The second kappa shape index (κ2) is 4.56. The third-order valence-electron chi connectivity index (χ3n) is 3.90. The first-order chi connectivity index (χ1) is 8.55. The molecule has 6 heteroatoms. The lowest BCUT2D eigenvalue weighted by Gasteiger charge is -2.41. The highest BCUT2D eigenvalue weighted by atomic mass is 32.1. The molecule has 1 saturated heterocycles. The minimum absolute atomic E-state index is 0.334. The molecule has 94 valence electrons. The van der Waals surface area contributed by atoms with Crippen LogP contribution in [0, 0.1) is 28.1 Å². The van der Waals surface area contributed by atoms with E-state index in [0.29, 0.717) is 22.0 Å². The smallest absolute Gasteiger partial charge is 0.116 e. The van der Waals surface area contributed by atoms with E-state index in [1.54, 1.807) is 0 Å². The van der Waals surface area contributed by atoms with Crippen molar-refractivity contribution in [2.75, 3.05) is 20.1 Å². The lowest BCUT2D eigenvalue weighted by atomic mass is 9.67. The zero-order valence-electron chi connectivity index (χ0n) is 10.2. The highest BCUT2D eigenvalue weighted by molar-refractivity contribution is 7.84. The number of quaternary nitrogens is 1. The Balaban J connectivity index is 2.54. The van der Waals surface area contributed by atoms with Crippen LogP contribution in [0.5, 0.6) is 0 Å². The second-order valence-electron chi connectivity index (χ2n) is 4.90. The molecule has 0 atom stereocenters. The molecule has 0 bridgehead atoms. The van der Waals surface area contributed by atoms with Gasteiger partial charge in [-0.3, -0.25) is 0 Å². The predicted molar refractivity (Wildman–Crippen MR) is 69.9 cm³/mol. The van der Waals surface area contributed by atoms with E-state index in [2.05, 4.69) is 37.1 Å². The van der Waals surface area contributed by atoms with Gasteiger partial charge < -0.3 is 16.0 Å². The van der Waals surface area contributed by atoms with Gasteiger partial charge in [0.1, 0.15) is 5.82 Å². The van der Waals surface area contributed by atoms with Crippen LogP contribution in [0.3, 0.4) is 0 Å². The van der Waals surface area contributed by atoms with E-state index in [9.17, 15) is 10.5 Å². The van der Waals surface area contributed by atoms with Crippen molar-refractivity contribution in [1.29, 1.82) is 10.5 Å². The minimum Gasteiger partial charge on any atom is -0.384 e. The summed E-state index contributed by atoms with van der Waals surface area (Å²) >= 11 is 4.30. The van der Waals surface area contributed by atoms with Gasteiger partial charge >= 0.3 is 0 Å². The predicted octanol–water partition coefficient (Wildman–Crippen LogP) is -0.757. The van der Waals surface area contributed by atoms with Crippen LogP contribution in [0.15, 0.2) is 22.0 Å². The molecule has 2 aliphatic rings. The van der Waals surface area contributed by atoms with E-state index >= 15 is 0 Å². The highest BCUT2D eigenvalue weighted by Crippen LogP contribution is 2.46. The van der Waals surface area contributed by atoms with Gasteiger partial charge in [-0.05, 0) is 0 Å². The second-order valence-corrected chi connectivity index (χ2v) is 5.35. The number of nitrogens with zero attached hydrogens (tertiary/aromatic N) is 2. The third kappa shape index (κ3) is 1.74. The summed E-state index contributed by atoms with van der Waals surface area (Å²) < 4.78 is 0. The van der Waals surface area contributed by atoms with Crippen LogP contribution >= 0.6 is 12.6 Å². The van der Waals surface area contributed by atoms with Crippen LogP contribution in [-0.4, -0.2) is 20.1 Å². The Morgan fingerprint density at radius 3 is 2.33 bits per heavy atom. The van der Waals surface area contributed by atoms with E-state index < -0.39 is 5.41 Å². The summed E-state index contributed by atoms with van der Waals surface area (Å²) in [6, 6.07) is 4.38. The molecule has 0 aromatic rings. The van der Waals surface area contributed by atoms with Crippen molar-refractivity contribution < 1.29 is 4.90 Å². The van der Waals surface area contributed by atoms with Crippen LogP contribution < -0.4 is 16.0 Å². The monoisotopic (exact) mass is 262 g/mol. The molecule has 1 fully saturated rings. The Labute approximate surface area is 112 Å². The largest absolute Gasteiger partial charge is 0.384 e. The van der Waals surface area contributed by atoms with Crippen LogP contribution in [0.4, 0.5) is 0 Å². The number of likely N-dealkylation sites (tertiary alicyclic amines) is 1. The maximum atomic E-state index is 9.37. The van der Waals surface area contributed by atoms with Gasteiger partial charge in [-0.25, -0.2) is 0 Å². The number of nitrogens with two attached hydrogens (primary N) is 1. The number of nitrogens with one attached hydrogen (secondary N) is 2. The van der Waals surface area contributed by atoms with E-state index in [4.69, 9.17) is 5.73 Å². The number of allylic oxidation sites excluding steroid dienone is 2. The molecule has 0 aromatic carbocycles. The first-order valence-corrected chi connectivity index (χ1v) is 6.32. The molecule has 0 aromatic heterocycles. The number of hydrogen-bond donors (Lipinski definition) is 4. The topological polar surface area (TPSA) is 90.1 Å². The fourth-order valence-corrected chi connectivity index (χ4v) is 3.18. The Hall–Kier alpha value is -1.63. The van der Waals surface area contributed by atoms with Gasteiger partial charge in [-0.15, -0.1) is 12.6 Å². The maximum absolute atomic E-state index is 9.37. The molecule has 0 unspecified atom stereocenters. The SMILES string of the molecule is C[NH+]1CCC2(CC1)C(C#N)=C(N)NC(S)=C2C#N. The lowest BCUT2D eigenvalue weighted by molar-refractivity contribution is -0.886. The molecule has 4 N–H and O–H groups in total. The van der Waals surface area contributed by atoms with Crippen molar-refractivity contribution in [3.05, 3.63) is 22.0 Å². The van der Waals surface area contributed by atoms with Crippen LogP contribution in [0.1, 0.15) is 12.8 Å². The van der Waals surface area contributed by atoms with Gasteiger partial charge in [0.15, 0.2) is 0 Å². The number of hydrogen-bond acceptors (Lipinski definition) is 5. The van der Waals surface area contributed by atoms with Gasteiger partial charge in [0.25, 0.3) is 0 Å². The van der Waals surface area contributed by atoms with Gasteiger partial charge in [-0.2, -0.15) is 10.5 Å². The van der Waals surface area contributed by atoms with E-state index in [1.165, 1.54) is 4.90 Å². The van der Waals surface area contributed by atoms with Gasteiger partial charge in [0.2, 0.25) is 0 Å². The fourth-order valence-electron chi connectivity index (χ4n) is 2.79. The van der Waals surface area contributed by atoms with Crippen molar-refractivity contribution in [2.24, 2.45) is 11.1 Å². The summed E-state index contributed by atoms with van der Waals surface area (Å²) in [6.45, 7) is 1.84. The summed E-state index contributed by atoms with van der Waals surface area (Å²) in [6.07, 6.45) is 1.52. The summed E-state index contributed by atoms with van der Waals surface area (Å²) in [5.74, 6) is 0.334. The van der Waals surface area contributed by atoms with Crippen molar-refractivity contribution in [3.8, 4) is 12.1 Å². The van der Waals surface area contributed by atoms with Crippen LogP contribution in [0.2, 0.25) is 0 Å². The molecule has 0 aliphatic carbocycles. The van der Waals surface area contributed by atoms with E-state index in [-0.39, 0.29) is 0 Å². The molecule has 5 nitrogen and oxygen atoms in total. The molecule has 2 rings (SSSR count). The Morgan fingerprint density at radius 1 is 1.28 bits per heavy atom. The van der Waals surface area contributed by atoms with Gasteiger partial charge in [-0.1, -0.05) is 0 Å². The molecule has 2 aliphatic heterocycles. The zero-order valence-corrected chi connectivity index (χ0v) is 11.1. The number of dihydropyridines is 1. The van der Waals surface area contributed by atoms with Gasteiger partial charge in [0.05, 0.1) is 53.9 Å². The fraction of sp³-hybridized carbons (Fsp3) is 0.500. The van der Waals surface area contributed by atoms with Crippen molar-refractivity contribution in [3.63, 3.8) is 0 Å². The van der Waals surface area contributed by atoms with Crippen molar-refractivity contribution in [1.82, 2.24) is 5.32 Å². The Kier molecular flexibility index (Phi) is 3.25. The third-order valence-corrected chi connectivity index (χ3v) is 4.23. The first-order valence-electron chi connectivity index (χ1n) is 5.87. The zero-order chi connectivity index (χ0) is 13.3. The number of thiol groups is 1. The average molecular weight is 262 g/mol. The lowest BCUT2D eigenvalue weighted by Crippen LogP contribution is -3.10. The van der Waals surface area contributed by atoms with Crippen molar-refractivity contribution in [2.45, 2.75) is 12.8 Å². The molecule has 1 spiro atoms. The average Bonchev–Trinajstić information content (AvgIpc) is 2.33. The normalized spacial score (nSPS) is 31.9. The highest BCUT2D eigenvalue weighted by Gasteiger charge is 2.47. The summed E-state index contributed by atoms with van der Waals surface area (Å²) in [5, 5.41) is 22.0. The Morgan fingerprint density at radius 2 is 1.83 bits per heavy atom. The summed E-state index contributed by atoms with van der Waals surface area (Å²) in [4.78, 5) is 1.41. The number of piperidine rings is 1. The number of rotatable bonds is 0. The van der Waals surface area contributed by atoms with E-state index in [0.717, 1.165) is 25.9 Å². The standard InChI is InChI=1S/C12H15N5S/c1-17-4-2-12(3-5-17)8(6-13)10(15)16-11(18)9(12)7-14/h16,18H,2-5,15H2,1H3/p+1. The van der Waals surface area contributed by atoms with Crippen LogP contribution in [-0.2, 0) is 0 Å².